The van der Waals surface area contributed by atoms with Gasteiger partial charge in [-0.25, -0.2) is 0 Å². The summed E-state index contributed by atoms with van der Waals surface area (Å²) in [6.45, 7) is 4.14. The molecule has 3 rings (SSSR count). The summed E-state index contributed by atoms with van der Waals surface area (Å²) in [6, 6.07) is 15.0. The van der Waals surface area contributed by atoms with Crippen LogP contribution in [0.1, 0.15) is 5.56 Å². The number of para-hydroxylation sites is 1. The summed E-state index contributed by atoms with van der Waals surface area (Å²) in [6.07, 6.45) is 0. The molecule has 20 heavy (non-hydrogen) atoms. The molecule has 0 bridgehead atoms. The van der Waals surface area contributed by atoms with Gasteiger partial charge in [-0.15, -0.1) is 0 Å². The van der Waals surface area contributed by atoms with Crippen LogP contribution in [0.3, 0.4) is 0 Å². The predicted molar refractivity (Wildman–Crippen MR) is 83.2 cm³/mol. The van der Waals surface area contributed by atoms with Gasteiger partial charge in [0.2, 0.25) is 0 Å². The minimum atomic E-state index is -1.15. The van der Waals surface area contributed by atoms with Crippen molar-refractivity contribution in [1.29, 1.82) is 0 Å². The van der Waals surface area contributed by atoms with Gasteiger partial charge in [-0.05, 0) is 41.5 Å². The first kappa shape index (κ1) is 13.6. The summed E-state index contributed by atoms with van der Waals surface area (Å²) >= 11 is 7.34. The fraction of sp³-hybridized carbons (Fsp3) is 0.125. The van der Waals surface area contributed by atoms with Crippen LogP contribution >= 0.6 is 23.4 Å². The molecule has 1 heterocycles. The Kier molecular flexibility index (Phi) is 3.50. The van der Waals surface area contributed by atoms with Gasteiger partial charge in [0.05, 0.1) is 0 Å². The summed E-state index contributed by atoms with van der Waals surface area (Å²) in [7, 11) is 0. The number of hydrogen-bond acceptors (Lipinski definition) is 3. The Morgan fingerprint density at radius 3 is 2.70 bits per heavy atom. The molecular formula is C16H13ClO2S. The van der Waals surface area contributed by atoms with Gasteiger partial charge < -0.3 is 9.84 Å². The standard InChI is InChI=1S/C16H13ClO2S/c1-11-14-9-12(17)7-8-15(14)20-16(11,18)10-19-13-5-3-2-4-6-13/h2-9,18H,1,10H2. The van der Waals surface area contributed by atoms with Crippen LogP contribution in [0.25, 0.3) is 5.57 Å². The summed E-state index contributed by atoms with van der Waals surface area (Å²) in [5.41, 5.74) is 1.53. The maximum Gasteiger partial charge on any atom is 0.174 e. The van der Waals surface area contributed by atoms with Crippen LogP contribution in [-0.2, 0) is 0 Å². The van der Waals surface area contributed by atoms with Crippen molar-refractivity contribution in [2.75, 3.05) is 6.61 Å². The van der Waals surface area contributed by atoms with Crippen molar-refractivity contribution in [1.82, 2.24) is 0 Å². The molecule has 0 aliphatic carbocycles. The topological polar surface area (TPSA) is 29.5 Å². The van der Waals surface area contributed by atoms with Crippen molar-refractivity contribution in [3.8, 4) is 5.75 Å². The lowest BCUT2D eigenvalue weighted by Gasteiger charge is -2.23. The first-order valence-electron chi connectivity index (χ1n) is 6.17. The molecule has 1 unspecified atom stereocenters. The van der Waals surface area contributed by atoms with E-state index < -0.39 is 4.93 Å². The highest BCUT2D eigenvalue weighted by Crippen LogP contribution is 2.51. The van der Waals surface area contributed by atoms with Crippen molar-refractivity contribution < 1.29 is 9.84 Å². The maximum absolute atomic E-state index is 10.7. The van der Waals surface area contributed by atoms with E-state index in [1.165, 1.54) is 11.8 Å². The van der Waals surface area contributed by atoms with Crippen LogP contribution in [0.5, 0.6) is 5.75 Å². The van der Waals surface area contributed by atoms with E-state index in [-0.39, 0.29) is 6.61 Å². The monoisotopic (exact) mass is 304 g/mol. The summed E-state index contributed by atoms with van der Waals surface area (Å²) < 4.78 is 5.66. The van der Waals surface area contributed by atoms with Gasteiger partial charge in [0.15, 0.2) is 4.93 Å². The van der Waals surface area contributed by atoms with Crippen molar-refractivity contribution in [2.24, 2.45) is 0 Å². The normalized spacial score (nSPS) is 20.8. The van der Waals surface area contributed by atoms with Gasteiger partial charge in [-0.2, -0.15) is 0 Å². The van der Waals surface area contributed by atoms with E-state index in [0.717, 1.165) is 16.2 Å². The number of fused-ring (bicyclic) bond motifs is 1. The Labute approximate surface area is 127 Å². The third-order valence-electron chi connectivity index (χ3n) is 3.19. The van der Waals surface area contributed by atoms with Gasteiger partial charge in [0.1, 0.15) is 12.4 Å². The van der Waals surface area contributed by atoms with Crippen molar-refractivity contribution >= 4 is 28.9 Å². The molecule has 2 aromatic carbocycles. The second kappa shape index (κ2) is 5.17. The zero-order chi connectivity index (χ0) is 14.2. The Morgan fingerprint density at radius 2 is 1.95 bits per heavy atom. The van der Waals surface area contributed by atoms with Crippen LogP contribution in [0.15, 0.2) is 60.0 Å². The van der Waals surface area contributed by atoms with Gasteiger partial charge in [0, 0.05) is 9.92 Å². The molecule has 0 spiro atoms. The molecule has 4 heteroatoms. The Morgan fingerprint density at radius 1 is 1.20 bits per heavy atom. The van der Waals surface area contributed by atoms with Crippen LogP contribution in [-0.4, -0.2) is 16.6 Å². The van der Waals surface area contributed by atoms with Crippen molar-refractivity contribution in [3.05, 3.63) is 65.7 Å². The molecular weight excluding hydrogens is 292 g/mol. The number of hydrogen-bond donors (Lipinski definition) is 1. The Balaban J connectivity index is 1.79. The molecule has 0 amide bonds. The molecule has 0 radical (unpaired) electrons. The minimum Gasteiger partial charge on any atom is -0.489 e. The average Bonchev–Trinajstić information content (AvgIpc) is 2.71. The molecule has 0 saturated heterocycles. The zero-order valence-electron chi connectivity index (χ0n) is 10.7. The van der Waals surface area contributed by atoms with E-state index >= 15 is 0 Å². The largest absolute Gasteiger partial charge is 0.489 e. The van der Waals surface area contributed by atoms with E-state index in [0.29, 0.717) is 10.6 Å². The number of halogens is 1. The van der Waals surface area contributed by atoms with Crippen LogP contribution in [0, 0.1) is 0 Å². The number of aliphatic hydroxyl groups is 1. The molecule has 0 fully saturated rings. The van der Waals surface area contributed by atoms with E-state index in [9.17, 15) is 5.11 Å². The fourth-order valence-corrected chi connectivity index (χ4v) is 3.41. The first-order chi connectivity index (χ1) is 9.58. The third-order valence-corrected chi connectivity index (χ3v) is 4.71. The van der Waals surface area contributed by atoms with E-state index in [1.807, 2.05) is 48.5 Å². The quantitative estimate of drug-likeness (QED) is 0.920. The van der Waals surface area contributed by atoms with Crippen LogP contribution in [0.4, 0.5) is 0 Å². The molecule has 1 aliphatic rings. The molecule has 1 aliphatic heterocycles. The van der Waals surface area contributed by atoms with Gasteiger partial charge >= 0.3 is 0 Å². The van der Waals surface area contributed by atoms with Crippen molar-refractivity contribution in [2.45, 2.75) is 9.83 Å². The van der Waals surface area contributed by atoms with Gasteiger partial charge in [0.25, 0.3) is 0 Å². The van der Waals surface area contributed by atoms with Crippen molar-refractivity contribution in [3.63, 3.8) is 0 Å². The smallest absolute Gasteiger partial charge is 0.174 e. The van der Waals surface area contributed by atoms with Crippen LogP contribution < -0.4 is 4.74 Å². The second-order valence-corrected chi connectivity index (χ2v) is 6.36. The third kappa shape index (κ3) is 2.44. The SMILES string of the molecule is C=C1c2cc(Cl)ccc2SC1(O)COc1ccccc1. The maximum atomic E-state index is 10.7. The van der Waals surface area contributed by atoms with Gasteiger partial charge in [-0.3, -0.25) is 0 Å². The summed E-state index contributed by atoms with van der Waals surface area (Å²) in [5, 5.41) is 11.4. The highest BCUT2D eigenvalue weighted by Gasteiger charge is 2.41. The Hall–Kier alpha value is -1.42. The molecule has 102 valence electrons. The number of ether oxygens (including phenoxy) is 1. The zero-order valence-corrected chi connectivity index (χ0v) is 12.2. The lowest BCUT2D eigenvalue weighted by atomic mass is 10.0. The van der Waals surface area contributed by atoms with Crippen LogP contribution in [0.2, 0.25) is 5.02 Å². The lowest BCUT2D eigenvalue weighted by molar-refractivity contribution is 0.126. The second-order valence-electron chi connectivity index (χ2n) is 4.61. The summed E-state index contributed by atoms with van der Waals surface area (Å²) in [5.74, 6) is 0.725. The van der Waals surface area contributed by atoms with E-state index in [1.54, 1.807) is 0 Å². The number of benzene rings is 2. The molecule has 1 atom stereocenters. The first-order valence-corrected chi connectivity index (χ1v) is 7.36. The minimum absolute atomic E-state index is 0.146. The highest BCUT2D eigenvalue weighted by atomic mass is 35.5. The number of rotatable bonds is 3. The van der Waals surface area contributed by atoms with E-state index in [4.69, 9.17) is 16.3 Å². The predicted octanol–water partition coefficient (Wildman–Crippen LogP) is 4.23. The highest BCUT2D eigenvalue weighted by molar-refractivity contribution is 8.01. The van der Waals surface area contributed by atoms with E-state index in [2.05, 4.69) is 6.58 Å². The fourth-order valence-electron chi connectivity index (χ4n) is 2.10. The van der Waals surface area contributed by atoms with Gasteiger partial charge in [-0.1, -0.05) is 48.1 Å². The molecule has 0 saturated carbocycles. The molecule has 1 N–H and O–H groups in total. The average molecular weight is 305 g/mol. The lowest BCUT2D eigenvalue weighted by Crippen LogP contribution is -2.30. The Bertz CT molecular complexity index is 657. The molecule has 2 nitrogen and oxygen atoms in total. The summed E-state index contributed by atoms with van der Waals surface area (Å²) in [4.78, 5) is -0.179. The molecule has 2 aromatic rings. The number of thioether (sulfide) groups is 1. The molecule has 0 aromatic heterocycles.